The quantitative estimate of drug-likeness (QED) is 0.663. The molecule has 1 rings (SSSR count). The first kappa shape index (κ1) is 18.8. The van der Waals surface area contributed by atoms with Crippen LogP contribution >= 0.6 is 11.8 Å². The van der Waals surface area contributed by atoms with Crippen LogP contribution in [0.3, 0.4) is 0 Å². The van der Waals surface area contributed by atoms with Crippen molar-refractivity contribution in [3.05, 3.63) is 0 Å². The van der Waals surface area contributed by atoms with E-state index in [-0.39, 0.29) is 5.97 Å². The SMILES string of the molecule is CCCNC(C)(CC(C)SC1CCOC1C)C(=O)OCC. The number of nitrogens with one attached hydrogen (secondary N) is 1. The van der Waals surface area contributed by atoms with Crippen LogP contribution < -0.4 is 5.32 Å². The maximum atomic E-state index is 12.3. The molecule has 1 aliphatic rings. The molecule has 0 bridgehead atoms. The third-order valence-corrected chi connectivity index (χ3v) is 5.50. The van der Waals surface area contributed by atoms with E-state index in [2.05, 4.69) is 26.1 Å². The van der Waals surface area contributed by atoms with E-state index in [4.69, 9.17) is 9.47 Å². The van der Waals surface area contributed by atoms with Gasteiger partial charge < -0.3 is 14.8 Å². The Labute approximate surface area is 133 Å². The van der Waals surface area contributed by atoms with E-state index >= 15 is 0 Å². The zero-order valence-electron chi connectivity index (χ0n) is 14.1. The van der Waals surface area contributed by atoms with Gasteiger partial charge in [-0.2, -0.15) is 11.8 Å². The van der Waals surface area contributed by atoms with Gasteiger partial charge in [0.05, 0.1) is 12.7 Å². The molecule has 1 N–H and O–H groups in total. The first-order chi connectivity index (χ1) is 9.92. The number of carbonyl (C=O) groups is 1. The lowest BCUT2D eigenvalue weighted by molar-refractivity contribution is -0.150. The van der Waals surface area contributed by atoms with Crippen molar-refractivity contribution in [1.82, 2.24) is 5.32 Å². The Hall–Kier alpha value is -0.260. The number of rotatable bonds is 9. The zero-order valence-corrected chi connectivity index (χ0v) is 14.9. The Morgan fingerprint density at radius 2 is 2.24 bits per heavy atom. The summed E-state index contributed by atoms with van der Waals surface area (Å²) in [6.07, 6.45) is 3.20. The minimum Gasteiger partial charge on any atom is -0.465 e. The fourth-order valence-corrected chi connectivity index (χ4v) is 4.29. The molecule has 0 aliphatic carbocycles. The van der Waals surface area contributed by atoms with Crippen LogP contribution in [-0.4, -0.2) is 47.9 Å². The molecule has 0 spiro atoms. The highest BCUT2D eigenvalue weighted by Crippen LogP contribution is 2.33. The lowest BCUT2D eigenvalue weighted by Crippen LogP contribution is -2.52. The standard InChI is InChI=1S/C16H31NO3S/c1-6-9-17-16(5,15(18)19-7-2)11-12(3)21-14-8-10-20-13(14)4/h12-14,17H,6-11H2,1-5H3. The van der Waals surface area contributed by atoms with E-state index in [1.807, 2.05) is 25.6 Å². The van der Waals surface area contributed by atoms with Crippen molar-refractivity contribution in [2.75, 3.05) is 19.8 Å². The molecule has 0 aromatic carbocycles. The average molecular weight is 317 g/mol. The van der Waals surface area contributed by atoms with Gasteiger partial charge in [-0.1, -0.05) is 13.8 Å². The van der Waals surface area contributed by atoms with E-state index in [9.17, 15) is 4.79 Å². The third kappa shape index (κ3) is 5.80. The van der Waals surface area contributed by atoms with Crippen molar-refractivity contribution in [1.29, 1.82) is 0 Å². The van der Waals surface area contributed by atoms with E-state index in [0.29, 0.717) is 23.2 Å². The molecule has 1 saturated heterocycles. The van der Waals surface area contributed by atoms with E-state index < -0.39 is 5.54 Å². The normalized spacial score (nSPS) is 26.3. The van der Waals surface area contributed by atoms with Crippen molar-refractivity contribution < 1.29 is 14.3 Å². The summed E-state index contributed by atoms with van der Waals surface area (Å²) in [5.41, 5.74) is -0.596. The van der Waals surface area contributed by atoms with E-state index in [1.54, 1.807) is 0 Å². The molecule has 0 amide bonds. The molecule has 0 saturated carbocycles. The molecule has 1 heterocycles. The average Bonchev–Trinajstić information content (AvgIpc) is 2.82. The van der Waals surface area contributed by atoms with Gasteiger partial charge in [0.2, 0.25) is 0 Å². The van der Waals surface area contributed by atoms with Crippen LogP contribution in [0.25, 0.3) is 0 Å². The second-order valence-electron chi connectivity index (χ2n) is 6.03. The highest BCUT2D eigenvalue weighted by atomic mass is 32.2. The highest BCUT2D eigenvalue weighted by molar-refractivity contribution is 8.00. The molecule has 4 atom stereocenters. The number of hydrogen-bond acceptors (Lipinski definition) is 5. The zero-order chi connectivity index (χ0) is 15.9. The van der Waals surface area contributed by atoms with Gasteiger partial charge in [0.25, 0.3) is 0 Å². The summed E-state index contributed by atoms with van der Waals surface area (Å²) in [6, 6.07) is 0. The van der Waals surface area contributed by atoms with Gasteiger partial charge in [-0.15, -0.1) is 0 Å². The summed E-state index contributed by atoms with van der Waals surface area (Å²) in [4.78, 5) is 12.3. The highest BCUT2D eigenvalue weighted by Gasteiger charge is 2.37. The van der Waals surface area contributed by atoms with Gasteiger partial charge >= 0.3 is 5.97 Å². The van der Waals surface area contributed by atoms with Crippen LogP contribution in [0.5, 0.6) is 0 Å². The Morgan fingerprint density at radius 1 is 1.52 bits per heavy atom. The number of carbonyl (C=O) groups excluding carboxylic acids is 1. The third-order valence-electron chi connectivity index (χ3n) is 3.90. The van der Waals surface area contributed by atoms with Gasteiger partial charge in [-0.05, 0) is 46.6 Å². The lowest BCUT2D eigenvalue weighted by atomic mass is 9.95. The van der Waals surface area contributed by atoms with Gasteiger partial charge in [-0.25, -0.2) is 0 Å². The monoisotopic (exact) mass is 317 g/mol. The Bertz CT molecular complexity index is 327. The van der Waals surface area contributed by atoms with Gasteiger partial charge in [-0.3, -0.25) is 4.79 Å². The van der Waals surface area contributed by atoms with Crippen molar-refractivity contribution >= 4 is 17.7 Å². The fourth-order valence-electron chi connectivity index (χ4n) is 2.73. The minimum absolute atomic E-state index is 0.137. The van der Waals surface area contributed by atoms with Crippen LogP contribution in [-0.2, 0) is 14.3 Å². The molecule has 0 aromatic heterocycles. The van der Waals surface area contributed by atoms with Crippen molar-refractivity contribution in [2.24, 2.45) is 0 Å². The molecule has 1 fully saturated rings. The van der Waals surface area contributed by atoms with Gasteiger partial charge in [0.15, 0.2) is 0 Å². The Kier molecular flexibility index (Phi) is 8.06. The van der Waals surface area contributed by atoms with Crippen LogP contribution in [0.4, 0.5) is 0 Å². The maximum absolute atomic E-state index is 12.3. The molecule has 21 heavy (non-hydrogen) atoms. The van der Waals surface area contributed by atoms with E-state index in [0.717, 1.165) is 32.4 Å². The molecular weight excluding hydrogens is 286 g/mol. The summed E-state index contributed by atoms with van der Waals surface area (Å²) in [7, 11) is 0. The topological polar surface area (TPSA) is 47.6 Å². The summed E-state index contributed by atoms with van der Waals surface area (Å²) in [5, 5.41) is 4.30. The Balaban J connectivity index is 2.59. The molecule has 0 aromatic rings. The number of thioether (sulfide) groups is 1. The summed E-state index contributed by atoms with van der Waals surface area (Å²) < 4.78 is 10.9. The lowest BCUT2D eigenvalue weighted by Gasteiger charge is -2.32. The number of hydrogen-bond donors (Lipinski definition) is 1. The predicted octanol–water partition coefficient (Wildman–Crippen LogP) is 3.00. The minimum atomic E-state index is -0.596. The number of ether oxygens (including phenoxy) is 2. The Morgan fingerprint density at radius 3 is 2.76 bits per heavy atom. The second kappa shape index (κ2) is 9.01. The summed E-state index contributed by atoms with van der Waals surface area (Å²) >= 11 is 1.94. The first-order valence-electron chi connectivity index (χ1n) is 8.12. The van der Waals surface area contributed by atoms with Crippen molar-refractivity contribution in [3.63, 3.8) is 0 Å². The number of esters is 1. The largest absolute Gasteiger partial charge is 0.465 e. The molecule has 124 valence electrons. The molecule has 4 unspecified atom stereocenters. The fraction of sp³-hybridized carbons (Fsp3) is 0.938. The predicted molar refractivity (Wildman–Crippen MR) is 88.8 cm³/mol. The van der Waals surface area contributed by atoms with E-state index in [1.165, 1.54) is 0 Å². The summed E-state index contributed by atoms with van der Waals surface area (Å²) in [5.74, 6) is -0.137. The van der Waals surface area contributed by atoms with Crippen molar-refractivity contribution in [3.8, 4) is 0 Å². The molecule has 1 aliphatic heterocycles. The molecule has 5 heteroatoms. The van der Waals surface area contributed by atoms with Gasteiger partial charge in [0.1, 0.15) is 5.54 Å². The smallest absolute Gasteiger partial charge is 0.326 e. The van der Waals surface area contributed by atoms with Crippen LogP contribution in [0.1, 0.15) is 53.9 Å². The maximum Gasteiger partial charge on any atom is 0.326 e. The molecule has 0 radical (unpaired) electrons. The molecular formula is C16H31NO3S. The van der Waals surface area contributed by atoms with Crippen LogP contribution in [0.15, 0.2) is 0 Å². The molecule has 4 nitrogen and oxygen atoms in total. The van der Waals surface area contributed by atoms with Crippen LogP contribution in [0.2, 0.25) is 0 Å². The van der Waals surface area contributed by atoms with Gasteiger partial charge in [0, 0.05) is 17.1 Å². The van der Waals surface area contributed by atoms with Crippen LogP contribution in [0, 0.1) is 0 Å². The summed E-state index contributed by atoms with van der Waals surface area (Å²) in [6.45, 7) is 12.4. The second-order valence-corrected chi connectivity index (χ2v) is 7.72. The van der Waals surface area contributed by atoms with Crippen molar-refractivity contribution in [2.45, 2.75) is 76.0 Å². The first-order valence-corrected chi connectivity index (χ1v) is 9.06.